The van der Waals surface area contributed by atoms with Gasteiger partial charge in [-0.25, -0.2) is 0 Å². The van der Waals surface area contributed by atoms with Crippen LogP contribution >= 0.6 is 11.8 Å². The first-order valence-electron chi connectivity index (χ1n) is 12.0. The Morgan fingerprint density at radius 2 is 2.09 bits per heavy atom. The van der Waals surface area contributed by atoms with Gasteiger partial charge in [0.2, 0.25) is 11.8 Å². The lowest BCUT2D eigenvalue weighted by molar-refractivity contribution is -0.149. The number of aliphatic carboxylic acids is 1. The SMILES string of the molecule is C=CCN(C(=O)C1N(CCCCCO)C(=O)[C@@H]2[C@H](C(=O)O)[C@@H]3CC(C)C12S3)C(C)CCC. The molecule has 3 aliphatic heterocycles. The number of aliphatic hydroxyl groups is 1. The Hall–Kier alpha value is -1.54. The highest BCUT2D eigenvalue weighted by molar-refractivity contribution is 8.02. The Bertz CT molecular complexity index is 746. The summed E-state index contributed by atoms with van der Waals surface area (Å²) in [4.78, 5) is 43.5. The predicted molar refractivity (Wildman–Crippen MR) is 125 cm³/mol. The topological polar surface area (TPSA) is 98.2 Å². The molecule has 8 heteroatoms. The van der Waals surface area contributed by atoms with E-state index < -0.39 is 28.6 Å². The van der Waals surface area contributed by atoms with E-state index in [4.69, 9.17) is 5.11 Å². The molecule has 2 bridgehead atoms. The average Bonchev–Trinajstić information content (AvgIpc) is 3.33. The lowest BCUT2D eigenvalue weighted by Crippen LogP contribution is -2.58. The van der Waals surface area contributed by atoms with Crippen LogP contribution in [0.3, 0.4) is 0 Å². The fraction of sp³-hybridized carbons (Fsp3) is 0.792. The smallest absolute Gasteiger partial charge is 0.308 e. The molecule has 7 atom stereocenters. The average molecular weight is 467 g/mol. The number of nitrogens with zero attached hydrogens (tertiary/aromatic N) is 2. The molecule has 2 amide bonds. The van der Waals surface area contributed by atoms with Gasteiger partial charge in [0.1, 0.15) is 6.04 Å². The van der Waals surface area contributed by atoms with Crippen molar-refractivity contribution in [3.63, 3.8) is 0 Å². The van der Waals surface area contributed by atoms with E-state index in [0.717, 1.165) is 25.7 Å². The third-order valence-electron chi connectivity index (χ3n) is 7.67. The fourth-order valence-electron chi connectivity index (χ4n) is 6.25. The second-order valence-corrected chi connectivity index (χ2v) is 11.2. The molecular formula is C24H38N2O5S. The zero-order valence-corrected chi connectivity index (χ0v) is 20.4. The van der Waals surface area contributed by atoms with E-state index in [9.17, 15) is 19.5 Å². The first kappa shape index (κ1) is 25.1. The maximum atomic E-state index is 14.1. The van der Waals surface area contributed by atoms with Gasteiger partial charge in [-0.2, -0.15) is 0 Å². The van der Waals surface area contributed by atoms with Gasteiger partial charge in [-0.3, -0.25) is 14.4 Å². The molecule has 180 valence electrons. The van der Waals surface area contributed by atoms with E-state index in [1.165, 1.54) is 0 Å². The van der Waals surface area contributed by atoms with Gasteiger partial charge in [0.05, 0.1) is 16.6 Å². The lowest BCUT2D eigenvalue weighted by Gasteiger charge is -2.41. The summed E-state index contributed by atoms with van der Waals surface area (Å²) in [6, 6.07) is -0.635. The van der Waals surface area contributed by atoms with Crippen LogP contribution in [0, 0.1) is 17.8 Å². The van der Waals surface area contributed by atoms with Crippen LogP contribution in [0.4, 0.5) is 0 Å². The standard InChI is InChI=1S/C24H38N2O5S/c1-5-10-16(4)25(11-6-2)22(29)20-24-15(3)14-17(32-24)18(23(30)31)19(24)21(28)26(20)12-8-7-9-13-27/h6,15-20,27H,2,5,7-14H2,1,3-4H3,(H,30,31)/t15?,16?,17-,18+,19-,20?,24?/m0/s1. The van der Waals surface area contributed by atoms with Crippen LogP contribution < -0.4 is 0 Å². The first-order valence-corrected chi connectivity index (χ1v) is 12.9. The molecule has 32 heavy (non-hydrogen) atoms. The van der Waals surface area contributed by atoms with E-state index in [1.54, 1.807) is 22.7 Å². The number of carbonyl (C=O) groups excluding carboxylic acids is 2. The number of likely N-dealkylation sites (tertiary alicyclic amines) is 1. The van der Waals surface area contributed by atoms with E-state index in [0.29, 0.717) is 25.9 Å². The molecule has 3 heterocycles. The van der Waals surface area contributed by atoms with Crippen LogP contribution in [-0.4, -0.2) is 79.6 Å². The van der Waals surface area contributed by atoms with Crippen LogP contribution in [0.25, 0.3) is 0 Å². The Labute approximate surface area is 195 Å². The molecule has 1 spiro atoms. The highest BCUT2D eigenvalue weighted by atomic mass is 32.2. The number of rotatable bonds is 12. The molecule has 3 saturated heterocycles. The number of carboxylic acids is 1. The summed E-state index contributed by atoms with van der Waals surface area (Å²) in [6.45, 7) is 11.0. The maximum Gasteiger partial charge on any atom is 0.308 e. The Morgan fingerprint density at radius 1 is 1.38 bits per heavy atom. The molecular weight excluding hydrogens is 428 g/mol. The Kier molecular flexibility index (Phi) is 7.97. The van der Waals surface area contributed by atoms with Gasteiger partial charge in [0, 0.05) is 31.0 Å². The van der Waals surface area contributed by atoms with Crippen LogP contribution in [-0.2, 0) is 14.4 Å². The maximum absolute atomic E-state index is 14.1. The molecule has 0 saturated carbocycles. The van der Waals surface area contributed by atoms with Gasteiger partial charge in [0.15, 0.2) is 0 Å². The van der Waals surface area contributed by atoms with Crippen molar-refractivity contribution < 1.29 is 24.6 Å². The molecule has 0 aromatic heterocycles. The second-order valence-electron chi connectivity index (χ2n) is 9.62. The number of thioether (sulfide) groups is 1. The predicted octanol–water partition coefficient (Wildman–Crippen LogP) is 2.77. The van der Waals surface area contributed by atoms with Gasteiger partial charge in [-0.05, 0) is 44.9 Å². The number of amides is 2. The molecule has 2 N–H and O–H groups in total. The van der Waals surface area contributed by atoms with E-state index in [-0.39, 0.29) is 35.6 Å². The Morgan fingerprint density at radius 3 is 2.69 bits per heavy atom. The second kappa shape index (κ2) is 10.2. The van der Waals surface area contributed by atoms with Crippen LogP contribution in [0.2, 0.25) is 0 Å². The van der Waals surface area contributed by atoms with Crippen LogP contribution in [0.1, 0.15) is 59.3 Å². The monoisotopic (exact) mass is 466 g/mol. The van der Waals surface area contributed by atoms with Crippen molar-refractivity contribution in [2.24, 2.45) is 17.8 Å². The fourth-order valence-corrected chi connectivity index (χ4v) is 8.66. The summed E-state index contributed by atoms with van der Waals surface area (Å²) in [5.41, 5.74) is 0. The van der Waals surface area contributed by atoms with Crippen molar-refractivity contribution in [3.05, 3.63) is 12.7 Å². The number of hydrogen-bond donors (Lipinski definition) is 2. The zero-order chi connectivity index (χ0) is 23.6. The van der Waals surface area contributed by atoms with Crippen molar-refractivity contribution in [1.82, 2.24) is 9.80 Å². The highest BCUT2D eigenvalue weighted by Gasteiger charge is 2.76. The number of aliphatic hydroxyl groups excluding tert-OH is 1. The number of carbonyl (C=O) groups is 3. The van der Waals surface area contributed by atoms with Crippen molar-refractivity contribution in [2.75, 3.05) is 19.7 Å². The van der Waals surface area contributed by atoms with Crippen LogP contribution in [0.5, 0.6) is 0 Å². The van der Waals surface area contributed by atoms with Gasteiger partial charge in [0.25, 0.3) is 0 Å². The molecule has 4 unspecified atom stereocenters. The number of fused-ring (bicyclic) bond motifs is 1. The largest absolute Gasteiger partial charge is 0.481 e. The summed E-state index contributed by atoms with van der Waals surface area (Å²) in [5.74, 6) is -2.48. The third-order valence-corrected chi connectivity index (χ3v) is 9.75. The van der Waals surface area contributed by atoms with E-state index >= 15 is 0 Å². The molecule has 0 aromatic rings. The normalized spacial score (nSPS) is 33.9. The van der Waals surface area contributed by atoms with Gasteiger partial charge < -0.3 is 20.0 Å². The van der Waals surface area contributed by atoms with E-state index in [2.05, 4.69) is 20.4 Å². The number of unbranched alkanes of at least 4 members (excludes halogenated alkanes) is 2. The van der Waals surface area contributed by atoms with Crippen molar-refractivity contribution in [3.8, 4) is 0 Å². The minimum absolute atomic E-state index is 0.0153. The molecule has 0 radical (unpaired) electrons. The van der Waals surface area contributed by atoms with Gasteiger partial charge >= 0.3 is 5.97 Å². The van der Waals surface area contributed by atoms with Crippen molar-refractivity contribution in [2.45, 2.75) is 81.4 Å². The lowest BCUT2D eigenvalue weighted by atomic mass is 9.66. The molecule has 7 nitrogen and oxygen atoms in total. The van der Waals surface area contributed by atoms with Gasteiger partial charge in [-0.1, -0.05) is 26.3 Å². The third kappa shape index (κ3) is 3.98. The van der Waals surface area contributed by atoms with E-state index in [1.807, 2.05) is 11.8 Å². The number of hydrogen-bond acceptors (Lipinski definition) is 5. The highest BCUT2D eigenvalue weighted by Crippen LogP contribution is 2.68. The quantitative estimate of drug-likeness (QED) is 0.339. The minimum atomic E-state index is -0.926. The van der Waals surface area contributed by atoms with Gasteiger partial charge in [-0.15, -0.1) is 18.3 Å². The zero-order valence-electron chi connectivity index (χ0n) is 19.5. The Balaban J connectivity index is 2.01. The number of carboxylic acid groups (broad SMARTS) is 1. The summed E-state index contributed by atoms with van der Waals surface area (Å²) in [7, 11) is 0. The first-order chi connectivity index (χ1) is 15.3. The molecule has 3 fully saturated rings. The molecule has 0 aliphatic carbocycles. The summed E-state index contributed by atoms with van der Waals surface area (Å²) in [5, 5.41) is 19.0. The summed E-state index contributed by atoms with van der Waals surface area (Å²) >= 11 is 1.59. The minimum Gasteiger partial charge on any atom is -0.481 e. The van der Waals surface area contributed by atoms with Crippen LogP contribution in [0.15, 0.2) is 12.7 Å². The van der Waals surface area contributed by atoms with Crippen molar-refractivity contribution >= 4 is 29.5 Å². The molecule has 3 rings (SSSR count). The molecule has 0 aromatic carbocycles. The summed E-state index contributed by atoms with van der Waals surface area (Å²) < 4.78 is -0.690. The van der Waals surface area contributed by atoms with Crippen molar-refractivity contribution in [1.29, 1.82) is 0 Å². The molecule has 3 aliphatic rings. The summed E-state index contributed by atoms with van der Waals surface area (Å²) in [6.07, 6.45) is 6.34.